The second-order valence-electron chi connectivity index (χ2n) is 5.20. The zero-order valence-corrected chi connectivity index (χ0v) is 11.6. The van der Waals surface area contributed by atoms with Crippen LogP contribution in [-0.2, 0) is 6.54 Å². The van der Waals surface area contributed by atoms with Crippen LogP contribution in [-0.4, -0.2) is 31.6 Å². The number of nitrogens with two attached hydrogens (primary N) is 1. The number of methoxy groups -OCH3 is 1. The topological polar surface area (TPSA) is 62.3 Å². The number of rotatable bonds is 6. The largest absolute Gasteiger partial charge is 0.495 e. The second kappa shape index (κ2) is 6.05. The van der Waals surface area contributed by atoms with E-state index in [1.54, 1.807) is 7.11 Å². The molecule has 1 aromatic carbocycles. The van der Waals surface area contributed by atoms with Gasteiger partial charge in [0.25, 0.3) is 0 Å². The molecule has 0 radical (unpaired) electrons. The second-order valence-corrected chi connectivity index (χ2v) is 5.20. The summed E-state index contributed by atoms with van der Waals surface area (Å²) >= 11 is 0. The molecular weight excluding hydrogens is 238 g/mol. The molecule has 1 atom stereocenters. The van der Waals surface area contributed by atoms with Crippen LogP contribution in [0.25, 0.3) is 0 Å². The number of likely N-dealkylation sites (N-methyl/N-ethyl adjacent to an activating group) is 1. The van der Waals surface area contributed by atoms with E-state index in [1.165, 1.54) is 12.8 Å². The van der Waals surface area contributed by atoms with Crippen LogP contribution < -0.4 is 10.5 Å². The Labute approximate surface area is 114 Å². The first kappa shape index (κ1) is 13.9. The Morgan fingerprint density at radius 2 is 2.26 bits per heavy atom. The van der Waals surface area contributed by atoms with Crippen molar-refractivity contribution in [1.29, 1.82) is 5.26 Å². The van der Waals surface area contributed by atoms with Gasteiger partial charge in [-0.05, 0) is 43.5 Å². The highest BCUT2D eigenvalue weighted by molar-refractivity contribution is 5.45. The van der Waals surface area contributed by atoms with Crippen molar-refractivity contribution in [2.45, 2.75) is 25.4 Å². The summed E-state index contributed by atoms with van der Waals surface area (Å²) < 4.78 is 5.24. The van der Waals surface area contributed by atoms with Crippen LogP contribution in [0.3, 0.4) is 0 Å². The van der Waals surface area contributed by atoms with Crippen LogP contribution in [0.1, 0.15) is 24.0 Å². The zero-order chi connectivity index (χ0) is 13.8. The molecule has 1 aromatic rings. The molecule has 4 nitrogen and oxygen atoms in total. The van der Waals surface area contributed by atoms with Gasteiger partial charge in [0.1, 0.15) is 11.8 Å². The summed E-state index contributed by atoms with van der Waals surface area (Å²) in [5, 5.41) is 8.97. The molecule has 0 spiro atoms. The SMILES string of the molecule is COc1cc(CN(C)C(CN)C2CC2)ccc1C#N. The van der Waals surface area contributed by atoms with E-state index in [0.717, 1.165) is 18.0 Å². The Balaban J connectivity index is 2.08. The van der Waals surface area contributed by atoms with Gasteiger partial charge in [-0.2, -0.15) is 5.26 Å². The van der Waals surface area contributed by atoms with Crippen molar-refractivity contribution < 1.29 is 4.74 Å². The van der Waals surface area contributed by atoms with Crippen LogP contribution in [0.5, 0.6) is 5.75 Å². The maximum absolute atomic E-state index is 8.97. The van der Waals surface area contributed by atoms with Gasteiger partial charge >= 0.3 is 0 Å². The minimum absolute atomic E-state index is 0.460. The number of hydrogen-bond acceptors (Lipinski definition) is 4. The predicted octanol–water partition coefficient (Wildman–Crippen LogP) is 1.74. The van der Waals surface area contributed by atoms with E-state index in [1.807, 2.05) is 18.2 Å². The summed E-state index contributed by atoms with van der Waals surface area (Å²) in [6.45, 7) is 1.54. The normalized spacial score (nSPS) is 16.2. The molecule has 1 saturated carbocycles. The first-order valence-corrected chi connectivity index (χ1v) is 6.67. The fourth-order valence-electron chi connectivity index (χ4n) is 2.54. The molecule has 2 rings (SSSR count). The van der Waals surface area contributed by atoms with Gasteiger partial charge in [-0.25, -0.2) is 0 Å². The molecule has 0 aromatic heterocycles. The quantitative estimate of drug-likeness (QED) is 0.845. The van der Waals surface area contributed by atoms with Crippen LogP contribution in [0.4, 0.5) is 0 Å². The highest BCUT2D eigenvalue weighted by atomic mass is 16.5. The molecule has 1 aliphatic carbocycles. The van der Waals surface area contributed by atoms with Crippen molar-refractivity contribution in [3.63, 3.8) is 0 Å². The smallest absolute Gasteiger partial charge is 0.136 e. The molecule has 0 saturated heterocycles. The predicted molar refractivity (Wildman–Crippen MR) is 74.7 cm³/mol. The van der Waals surface area contributed by atoms with E-state index in [9.17, 15) is 0 Å². The Bertz CT molecular complexity index is 477. The Morgan fingerprint density at radius 1 is 1.53 bits per heavy atom. The van der Waals surface area contributed by atoms with Gasteiger partial charge in [-0.15, -0.1) is 0 Å². The van der Waals surface area contributed by atoms with E-state index >= 15 is 0 Å². The van der Waals surface area contributed by atoms with E-state index in [-0.39, 0.29) is 0 Å². The molecule has 4 heteroatoms. The molecule has 2 N–H and O–H groups in total. The lowest BCUT2D eigenvalue weighted by Crippen LogP contribution is -2.39. The summed E-state index contributed by atoms with van der Waals surface area (Å²) in [5.74, 6) is 1.40. The van der Waals surface area contributed by atoms with Gasteiger partial charge in [0.15, 0.2) is 0 Å². The standard InChI is InChI=1S/C15H21N3O/c1-18(14(9-17)12-5-6-12)10-11-3-4-13(8-16)15(7-11)19-2/h3-4,7,12,14H,5-6,9-10,17H2,1-2H3. The monoisotopic (exact) mass is 259 g/mol. The number of benzene rings is 1. The Hall–Kier alpha value is -1.57. The number of nitriles is 1. The lowest BCUT2D eigenvalue weighted by Gasteiger charge is -2.27. The highest BCUT2D eigenvalue weighted by Crippen LogP contribution is 2.35. The summed E-state index contributed by atoms with van der Waals surface area (Å²) in [6, 6.07) is 8.33. The van der Waals surface area contributed by atoms with Crippen LogP contribution in [0, 0.1) is 17.2 Å². The molecular formula is C15H21N3O. The molecule has 0 aliphatic heterocycles. The van der Waals surface area contributed by atoms with Gasteiger partial charge in [-0.1, -0.05) is 6.07 Å². The Morgan fingerprint density at radius 3 is 2.79 bits per heavy atom. The lowest BCUT2D eigenvalue weighted by molar-refractivity contribution is 0.215. The van der Waals surface area contributed by atoms with Crippen LogP contribution in [0.15, 0.2) is 18.2 Å². The van der Waals surface area contributed by atoms with Crippen molar-refractivity contribution in [2.75, 3.05) is 20.7 Å². The molecule has 102 valence electrons. The molecule has 19 heavy (non-hydrogen) atoms. The van der Waals surface area contributed by atoms with Crippen molar-refractivity contribution in [3.05, 3.63) is 29.3 Å². The summed E-state index contributed by atoms with van der Waals surface area (Å²) in [7, 11) is 3.71. The minimum atomic E-state index is 0.460. The first-order chi connectivity index (χ1) is 9.19. The maximum Gasteiger partial charge on any atom is 0.136 e. The minimum Gasteiger partial charge on any atom is -0.495 e. The summed E-state index contributed by atoms with van der Waals surface area (Å²) in [5.41, 5.74) is 7.59. The molecule has 0 bridgehead atoms. The van der Waals surface area contributed by atoms with Crippen molar-refractivity contribution in [3.8, 4) is 11.8 Å². The van der Waals surface area contributed by atoms with E-state index in [4.69, 9.17) is 15.7 Å². The van der Waals surface area contributed by atoms with Crippen LogP contribution in [0.2, 0.25) is 0 Å². The highest BCUT2D eigenvalue weighted by Gasteiger charge is 2.32. The van der Waals surface area contributed by atoms with Crippen LogP contribution >= 0.6 is 0 Å². The van der Waals surface area contributed by atoms with Gasteiger partial charge in [-0.3, -0.25) is 4.90 Å². The van der Waals surface area contributed by atoms with Gasteiger partial charge < -0.3 is 10.5 Å². The van der Waals surface area contributed by atoms with Crippen molar-refractivity contribution in [2.24, 2.45) is 11.7 Å². The van der Waals surface area contributed by atoms with E-state index in [2.05, 4.69) is 18.0 Å². The Kier molecular flexibility index (Phi) is 4.41. The number of nitrogens with zero attached hydrogens (tertiary/aromatic N) is 2. The third-order valence-electron chi connectivity index (χ3n) is 3.79. The van der Waals surface area contributed by atoms with Gasteiger partial charge in [0, 0.05) is 19.1 Å². The molecule has 0 amide bonds. The number of ether oxygens (including phenoxy) is 1. The fourth-order valence-corrected chi connectivity index (χ4v) is 2.54. The molecule has 1 unspecified atom stereocenters. The lowest BCUT2D eigenvalue weighted by atomic mass is 10.1. The zero-order valence-electron chi connectivity index (χ0n) is 11.6. The molecule has 1 fully saturated rings. The van der Waals surface area contributed by atoms with Crippen molar-refractivity contribution in [1.82, 2.24) is 4.90 Å². The summed E-state index contributed by atoms with van der Waals surface area (Å²) in [4.78, 5) is 2.30. The van der Waals surface area contributed by atoms with E-state index in [0.29, 0.717) is 23.9 Å². The summed E-state index contributed by atoms with van der Waals surface area (Å²) in [6.07, 6.45) is 2.59. The maximum atomic E-state index is 8.97. The van der Waals surface area contributed by atoms with Gasteiger partial charge in [0.05, 0.1) is 12.7 Å². The third kappa shape index (κ3) is 3.25. The average Bonchev–Trinajstić information content (AvgIpc) is 3.24. The van der Waals surface area contributed by atoms with E-state index < -0.39 is 0 Å². The molecule has 1 aliphatic rings. The molecule has 0 heterocycles. The third-order valence-corrected chi connectivity index (χ3v) is 3.79. The van der Waals surface area contributed by atoms with Crippen molar-refractivity contribution >= 4 is 0 Å². The first-order valence-electron chi connectivity index (χ1n) is 6.67. The van der Waals surface area contributed by atoms with Gasteiger partial charge in [0.2, 0.25) is 0 Å². The number of hydrogen-bond donors (Lipinski definition) is 1. The average molecular weight is 259 g/mol. The fraction of sp³-hybridized carbons (Fsp3) is 0.533.